The van der Waals surface area contributed by atoms with Crippen LogP contribution in [0.5, 0.6) is 0 Å². The van der Waals surface area contributed by atoms with E-state index in [0.717, 1.165) is 17.8 Å². The zero-order valence-corrected chi connectivity index (χ0v) is 7.87. The summed E-state index contributed by atoms with van der Waals surface area (Å²) in [4.78, 5) is 20.6. The predicted molar refractivity (Wildman–Crippen MR) is 47.9 cm³/mol. The first-order valence-corrected chi connectivity index (χ1v) is 4.44. The second-order valence-electron chi connectivity index (χ2n) is 3.63. The number of imidazole rings is 1. The van der Waals surface area contributed by atoms with E-state index < -0.39 is 0 Å². The maximum absolute atomic E-state index is 11.6. The Labute approximate surface area is 77.0 Å². The van der Waals surface area contributed by atoms with E-state index >= 15 is 0 Å². The highest BCUT2D eigenvalue weighted by molar-refractivity contribution is 5.79. The number of fused-ring (bicyclic) bond motifs is 1. The molecule has 1 N–H and O–H groups in total. The molecule has 1 atom stereocenters. The lowest BCUT2D eigenvalue weighted by atomic mass is 10.1. The van der Waals surface area contributed by atoms with Crippen molar-refractivity contribution in [1.29, 1.82) is 0 Å². The lowest BCUT2D eigenvalue weighted by Gasteiger charge is -2.16. The van der Waals surface area contributed by atoms with Gasteiger partial charge in [0.15, 0.2) is 0 Å². The third kappa shape index (κ3) is 1.32. The Kier molecular flexibility index (Phi) is 1.83. The van der Waals surface area contributed by atoms with Gasteiger partial charge in [0, 0.05) is 19.4 Å². The van der Waals surface area contributed by atoms with Gasteiger partial charge in [-0.15, -0.1) is 0 Å². The van der Waals surface area contributed by atoms with Gasteiger partial charge in [0.2, 0.25) is 5.91 Å². The normalized spacial score (nSPS) is 22.8. The number of carbonyl (C=O) groups is 1. The summed E-state index contributed by atoms with van der Waals surface area (Å²) in [5.74, 6) is 0.251. The molecule has 70 valence electrons. The van der Waals surface area contributed by atoms with Gasteiger partial charge in [-0.2, -0.15) is 0 Å². The van der Waals surface area contributed by atoms with Crippen LogP contribution >= 0.6 is 0 Å². The van der Waals surface area contributed by atoms with Gasteiger partial charge < -0.3 is 9.88 Å². The molecule has 0 aliphatic carbocycles. The first kappa shape index (κ1) is 8.29. The number of nitrogens with zero attached hydrogens (tertiary/aromatic N) is 2. The van der Waals surface area contributed by atoms with Crippen LogP contribution in [0.15, 0.2) is 6.33 Å². The van der Waals surface area contributed by atoms with Crippen LogP contribution < -0.4 is 0 Å². The van der Waals surface area contributed by atoms with Crippen LogP contribution in [0.3, 0.4) is 0 Å². The van der Waals surface area contributed by atoms with E-state index in [1.807, 2.05) is 14.0 Å². The molecule has 0 fully saturated rings. The van der Waals surface area contributed by atoms with Crippen LogP contribution in [0.25, 0.3) is 0 Å². The van der Waals surface area contributed by atoms with Crippen molar-refractivity contribution in [2.24, 2.45) is 5.92 Å². The summed E-state index contributed by atoms with van der Waals surface area (Å²) in [7, 11) is 1.83. The number of rotatable bonds is 0. The number of H-pyrrole nitrogens is 1. The zero-order valence-electron chi connectivity index (χ0n) is 7.87. The van der Waals surface area contributed by atoms with Crippen molar-refractivity contribution in [1.82, 2.24) is 14.9 Å². The summed E-state index contributed by atoms with van der Waals surface area (Å²) < 4.78 is 0. The Morgan fingerprint density at radius 1 is 1.69 bits per heavy atom. The van der Waals surface area contributed by atoms with Crippen LogP contribution in [0.1, 0.15) is 18.3 Å². The molecular formula is C9H13N3O. The fourth-order valence-corrected chi connectivity index (χ4v) is 1.73. The first-order chi connectivity index (χ1) is 6.18. The molecule has 4 nitrogen and oxygen atoms in total. The predicted octanol–water partition coefficient (Wildman–Crippen LogP) is 0.560. The number of aromatic amines is 1. The fraction of sp³-hybridized carbons (Fsp3) is 0.556. The molecule has 0 spiro atoms. The highest BCUT2D eigenvalue weighted by Gasteiger charge is 2.25. The molecule has 1 unspecified atom stereocenters. The first-order valence-electron chi connectivity index (χ1n) is 4.44. The third-order valence-electron chi connectivity index (χ3n) is 2.50. The van der Waals surface area contributed by atoms with Gasteiger partial charge in [0.25, 0.3) is 0 Å². The van der Waals surface area contributed by atoms with E-state index in [1.165, 1.54) is 0 Å². The maximum atomic E-state index is 11.6. The summed E-state index contributed by atoms with van der Waals surface area (Å²) in [6.07, 6.45) is 2.45. The van der Waals surface area contributed by atoms with Crippen molar-refractivity contribution in [3.05, 3.63) is 17.7 Å². The molecule has 0 saturated heterocycles. The molecule has 2 heterocycles. The second kappa shape index (κ2) is 2.87. The minimum Gasteiger partial charge on any atom is -0.347 e. The monoisotopic (exact) mass is 179 g/mol. The summed E-state index contributed by atoms with van der Waals surface area (Å²) in [5, 5.41) is 0. The molecule has 2 rings (SSSR count). The summed E-state index contributed by atoms with van der Waals surface area (Å²) >= 11 is 0. The number of hydrogen-bond acceptors (Lipinski definition) is 2. The van der Waals surface area contributed by atoms with Crippen LogP contribution in [-0.2, 0) is 17.8 Å². The topological polar surface area (TPSA) is 49.0 Å². The minimum atomic E-state index is 0.0505. The maximum Gasteiger partial charge on any atom is 0.225 e. The van der Waals surface area contributed by atoms with Gasteiger partial charge in [-0.3, -0.25) is 4.79 Å². The van der Waals surface area contributed by atoms with Crippen molar-refractivity contribution in [2.45, 2.75) is 19.9 Å². The fourth-order valence-electron chi connectivity index (χ4n) is 1.73. The standard InChI is InChI=1S/C9H13N3O/c1-6-3-7-8(11-5-10-7)4-12(2)9(6)13/h5-6H,3-4H2,1-2H3,(H,10,11). The molecule has 0 radical (unpaired) electrons. The van der Waals surface area contributed by atoms with Gasteiger partial charge in [0.1, 0.15) is 0 Å². The molecular weight excluding hydrogens is 166 g/mol. The molecule has 1 aliphatic rings. The Morgan fingerprint density at radius 3 is 3.23 bits per heavy atom. The molecule has 0 saturated carbocycles. The molecule has 1 aromatic heterocycles. The molecule has 1 aromatic rings. The minimum absolute atomic E-state index is 0.0505. The van der Waals surface area contributed by atoms with Gasteiger partial charge >= 0.3 is 0 Å². The van der Waals surface area contributed by atoms with E-state index in [1.54, 1.807) is 11.2 Å². The van der Waals surface area contributed by atoms with Gasteiger partial charge in [-0.1, -0.05) is 6.92 Å². The molecule has 0 bridgehead atoms. The number of amides is 1. The number of hydrogen-bond donors (Lipinski definition) is 1. The zero-order chi connectivity index (χ0) is 9.42. The number of aromatic nitrogens is 2. The smallest absolute Gasteiger partial charge is 0.225 e. The second-order valence-corrected chi connectivity index (χ2v) is 3.63. The number of carbonyl (C=O) groups excluding carboxylic acids is 1. The Bertz CT molecular complexity index is 303. The molecule has 13 heavy (non-hydrogen) atoms. The van der Waals surface area contributed by atoms with E-state index in [-0.39, 0.29) is 11.8 Å². The Balaban J connectivity index is 2.34. The van der Waals surface area contributed by atoms with Crippen LogP contribution in [0, 0.1) is 5.92 Å². The van der Waals surface area contributed by atoms with Gasteiger partial charge in [0.05, 0.1) is 24.3 Å². The SMILES string of the molecule is CC1Cc2nc[nH]c2CN(C)C1=O. The third-order valence-corrected chi connectivity index (χ3v) is 2.50. The quantitative estimate of drug-likeness (QED) is 0.632. The average Bonchev–Trinajstić information content (AvgIpc) is 2.47. The van der Waals surface area contributed by atoms with Gasteiger partial charge in [-0.25, -0.2) is 4.98 Å². The van der Waals surface area contributed by atoms with Crippen molar-refractivity contribution in [3.63, 3.8) is 0 Å². The van der Waals surface area contributed by atoms with E-state index in [4.69, 9.17) is 0 Å². The lowest BCUT2D eigenvalue weighted by Crippen LogP contribution is -2.29. The molecule has 1 aliphatic heterocycles. The lowest BCUT2D eigenvalue weighted by molar-refractivity contribution is -0.133. The summed E-state index contributed by atoms with van der Waals surface area (Å²) in [5.41, 5.74) is 2.10. The van der Waals surface area contributed by atoms with E-state index in [2.05, 4.69) is 9.97 Å². The van der Waals surface area contributed by atoms with Crippen molar-refractivity contribution < 1.29 is 4.79 Å². The molecule has 0 aromatic carbocycles. The summed E-state index contributed by atoms with van der Waals surface area (Å²) in [6.45, 7) is 2.60. The highest BCUT2D eigenvalue weighted by atomic mass is 16.2. The Morgan fingerprint density at radius 2 is 2.46 bits per heavy atom. The van der Waals surface area contributed by atoms with Gasteiger partial charge in [-0.05, 0) is 0 Å². The van der Waals surface area contributed by atoms with Crippen LogP contribution in [-0.4, -0.2) is 27.8 Å². The highest BCUT2D eigenvalue weighted by Crippen LogP contribution is 2.18. The summed E-state index contributed by atoms with van der Waals surface area (Å²) in [6, 6.07) is 0. The average molecular weight is 179 g/mol. The number of nitrogens with one attached hydrogen (secondary N) is 1. The molecule has 4 heteroatoms. The largest absolute Gasteiger partial charge is 0.347 e. The van der Waals surface area contributed by atoms with E-state index in [9.17, 15) is 4.79 Å². The van der Waals surface area contributed by atoms with Crippen LogP contribution in [0.2, 0.25) is 0 Å². The Hall–Kier alpha value is -1.32. The van der Waals surface area contributed by atoms with Crippen molar-refractivity contribution >= 4 is 5.91 Å². The van der Waals surface area contributed by atoms with Crippen molar-refractivity contribution in [2.75, 3.05) is 7.05 Å². The molecule has 1 amide bonds. The van der Waals surface area contributed by atoms with Crippen molar-refractivity contribution in [3.8, 4) is 0 Å². The van der Waals surface area contributed by atoms with E-state index in [0.29, 0.717) is 6.54 Å². The van der Waals surface area contributed by atoms with Crippen LogP contribution in [0.4, 0.5) is 0 Å².